The van der Waals surface area contributed by atoms with Gasteiger partial charge >= 0.3 is 0 Å². The number of rotatable bonds is 7. The summed E-state index contributed by atoms with van der Waals surface area (Å²) in [7, 11) is 0. The van der Waals surface area contributed by atoms with Crippen LogP contribution >= 0.6 is 23.5 Å². The van der Waals surface area contributed by atoms with Crippen molar-refractivity contribution < 1.29 is 0 Å². The van der Waals surface area contributed by atoms with Gasteiger partial charge in [-0.1, -0.05) is 25.6 Å². The molecule has 1 rings (SSSR count). The lowest BCUT2D eigenvalue weighted by Crippen LogP contribution is -2.14. The minimum atomic E-state index is 0.574. The van der Waals surface area contributed by atoms with E-state index in [1.165, 1.54) is 0 Å². The molecule has 4 N–H and O–H groups in total. The minimum absolute atomic E-state index is 0.574. The monoisotopic (exact) mass is 261 g/mol. The molecule has 0 aromatic carbocycles. The number of hydrogen-bond acceptors (Lipinski definition) is 6. The van der Waals surface area contributed by atoms with E-state index in [4.69, 9.17) is 11.6 Å². The Labute approximate surface area is 105 Å². The first kappa shape index (κ1) is 13.7. The number of hydrogen-bond donors (Lipinski definition) is 2. The standard InChI is InChI=1S/C9H19N5S2/c1-7(2)16-6-8-12-13-9(14(8)11)15-5-3-4-10/h7H,3-6,10-11H2,1-2H3. The molecule has 0 unspecified atom stereocenters. The topological polar surface area (TPSA) is 82.8 Å². The van der Waals surface area contributed by atoms with Gasteiger partial charge in [0.15, 0.2) is 5.82 Å². The van der Waals surface area contributed by atoms with Crippen molar-refractivity contribution in [3.05, 3.63) is 5.82 Å². The Morgan fingerprint density at radius 2 is 2.12 bits per heavy atom. The molecule has 0 atom stereocenters. The molecule has 0 aliphatic rings. The molecule has 7 heteroatoms. The largest absolute Gasteiger partial charge is 0.336 e. The van der Waals surface area contributed by atoms with E-state index >= 15 is 0 Å². The van der Waals surface area contributed by atoms with Gasteiger partial charge in [-0.15, -0.1) is 10.2 Å². The third-order valence-electron chi connectivity index (χ3n) is 1.86. The molecule has 0 fully saturated rings. The first-order valence-corrected chi connectivity index (χ1v) is 7.32. The zero-order valence-electron chi connectivity index (χ0n) is 9.72. The Balaban J connectivity index is 2.48. The molecule has 1 aromatic rings. The third kappa shape index (κ3) is 4.23. The van der Waals surface area contributed by atoms with Crippen LogP contribution in [0.3, 0.4) is 0 Å². The molecular formula is C9H19N5S2. The Kier molecular flexibility index (Phi) is 6.00. The Morgan fingerprint density at radius 1 is 1.38 bits per heavy atom. The highest BCUT2D eigenvalue weighted by atomic mass is 32.2. The summed E-state index contributed by atoms with van der Waals surface area (Å²) in [6.07, 6.45) is 0.966. The molecule has 1 aromatic heterocycles. The van der Waals surface area contributed by atoms with Crippen molar-refractivity contribution in [1.82, 2.24) is 14.9 Å². The van der Waals surface area contributed by atoms with Gasteiger partial charge < -0.3 is 11.6 Å². The highest BCUT2D eigenvalue weighted by Crippen LogP contribution is 2.19. The normalized spacial score (nSPS) is 11.2. The second-order valence-electron chi connectivity index (χ2n) is 3.62. The summed E-state index contributed by atoms with van der Waals surface area (Å²) in [6.45, 7) is 5.00. The van der Waals surface area contributed by atoms with Crippen LogP contribution in [0.5, 0.6) is 0 Å². The number of nitrogens with two attached hydrogens (primary N) is 2. The molecule has 0 aliphatic heterocycles. The maximum Gasteiger partial charge on any atom is 0.209 e. The lowest BCUT2D eigenvalue weighted by Gasteiger charge is -2.05. The van der Waals surface area contributed by atoms with Crippen molar-refractivity contribution >= 4 is 23.5 Å². The van der Waals surface area contributed by atoms with Gasteiger partial charge in [-0.25, -0.2) is 4.68 Å². The zero-order chi connectivity index (χ0) is 12.0. The second-order valence-corrected chi connectivity index (χ2v) is 6.25. The highest BCUT2D eigenvalue weighted by Gasteiger charge is 2.10. The van der Waals surface area contributed by atoms with E-state index in [0.717, 1.165) is 28.9 Å². The molecule has 1 heterocycles. The maximum atomic E-state index is 5.90. The van der Waals surface area contributed by atoms with Gasteiger partial charge in [0.2, 0.25) is 5.16 Å². The molecule has 0 spiro atoms. The summed E-state index contributed by atoms with van der Waals surface area (Å²) in [5.74, 6) is 8.46. The van der Waals surface area contributed by atoms with Gasteiger partial charge in [0.05, 0.1) is 5.75 Å². The summed E-state index contributed by atoms with van der Waals surface area (Å²) in [5, 5.41) is 9.49. The third-order valence-corrected chi connectivity index (χ3v) is 3.98. The summed E-state index contributed by atoms with van der Waals surface area (Å²) in [6, 6.07) is 0. The molecule has 0 saturated carbocycles. The van der Waals surface area contributed by atoms with Crippen LogP contribution in [0.15, 0.2) is 5.16 Å². The molecular weight excluding hydrogens is 242 g/mol. The smallest absolute Gasteiger partial charge is 0.209 e. The Morgan fingerprint density at radius 3 is 2.75 bits per heavy atom. The summed E-state index contributed by atoms with van der Waals surface area (Å²) < 4.78 is 1.58. The van der Waals surface area contributed by atoms with E-state index in [1.54, 1.807) is 16.4 Å². The van der Waals surface area contributed by atoms with E-state index in [1.807, 2.05) is 11.8 Å². The average molecular weight is 261 g/mol. The first-order valence-electron chi connectivity index (χ1n) is 5.29. The van der Waals surface area contributed by atoms with Crippen LogP contribution in [0.4, 0.5) is 0 Å². The van der Waals surface area contributed by atoms with Crippen LogP contribution < -0.4 is 11.6 Å². The van der Waals surface area contributed by atoms with E-state index in [2.05, 4.69) is 24.0 Å². The van der Waals surface area contributed by atoms with Gasteiger partial charge in [0, 0.05) is 5.75 Å². The van der Waals surface area contributed by atoms with Gasteiger partial charge in [0.1, 0.15) is 0 Å². The average Bonchev–Trinajstić information content (AvgIpc) is 2.58. The lowest BCUT2D eigenvalue weighted by molar-refractivity contribution is 0.817. The number of nitrogens with zero attached hydrogens (tertiary/aromatic N) is 3. The van der Waals surface area contributed by atoms with E-state index < -0.39 is 0 Å². The van der Waals surface area contributed by atoms with E-state index in [-0.39, 0.29) is 0 Å². The fourth-order valence-electron chi connectivity index (χ4n) is 0.992. The van der Waals surface area contributed by atoms with Crippen LogP contribution in [0, 0.1) is 0 Å². The van der Waals surface area contributed by atoms with Crippen molar-refractivity contribution in [3.63, 3.8) is 0 Å². The van der Waals surface area contributed by atoms with Gasteiger partial charge in [-0.3, -0.25) is 0 Å². The van der Waals surface area contributed by atoms with Crippen LogP contribution in [0.2, 0.25) is 0 Å². The second kappa shape index (κ2) is 7.03. The fourth-order valence-corrected chi connectivity index (χ4v) is 2.51. The van der Waals surface area contributed by atoms with Gasteiger partial charge in [0.25, 0.3) is 0 Å². The van der Waals surface area contributed by atoms with Crippen LogP contribution in [-0.2, 0) is 5.75 Å². The SMILES string of the molecule is CC(C)SCc1nnc(SCCCN)n1N. The van der Waals surface area contributed by atoms with E-state index in [9.17, 15) is 0 Å². The van der Waals surface area contributed by atoms with Gasteiger partial charge in [-0.05, 0) is 18.2 Å². The van der Waals surface area contributed by atoms with Crippen molar-refractivity contribution in [1.29, 1.82) is 0 Å². The molecule has 0 bridgehead atoms. The fraction of sp³-hybridized carbons (Fsp3) is 0.778. The highest BCUT2D eigenvalue weighted by molar-refractivity contribution is 7.99. The lowest BCUT2D eigenvalue weighted by atomic mass is 10.5. The zero-order valence-corrected chi connectivity index (χ0v) is 11.4. The summed E-state index contributed by atoms with van der Waals surface area (Å²) in [4.78, 5) is 0. The molecule has 16 heavy (non-hydrogen) atoms. The predicted octanol–water partition coefficient (Wildman–Crippen LogP) is 1.07. The first-order chi connectivity index (χ1) is 7.65. The molecule has 5 nitrogen and oxygen atoms in total. The molecule has 0 aliphatic carbocycles. The quantitative estimate of drug-likeness (QED) is 0.434. The number of aromatic nitrogens is 3. The summed E-state index contributed by atoms with van der Waals surface area (Å²) in [5.41, 5.74) is 5.43. The van der Waals surface area contributed by atoms with Crippen molar-refractivity contribution in [2.24, 2.45) is 5.73 Å². The van der Waals surface area contributed by atoms with Crippen LogP contribution in [0.25, 0.3) is 0 Å². The Bertz CT molecular complexity index is 313. The van der Waals surface area contributed by atoms with Crippen LogP contribution in [-0.4, -0.2) is 32.4 Å². The van der Waals surface area contributed by atoms with Crippen molar-refractivity contribution in [3.8, 4) is 0 Å². The number of nitrogen functional groups attached to an aromatic ring is 1. The Hall–Kier alpha value is -0.400. The summed E-state index contributed by atoms with van der Waals surface area (Å²) >= 11 is 3.41. The minimum Gasteiger partial charge on any atom is -0.336 e. The molecule has 92 valence electrons. The van der Waals surface area contributed by atoms with Crippen molar-refractivity contribution in [2.75, 3.05) is 18.1 Å². The maximum absolute atomic E-state index is 5.90. The molecule has 0 saturated heterocycles. The van der Waals surface area contributed by atoms with E-state index in [0.29, 0.717) is 11.8 Å². The molecule has 0 amide bonds. The van der Waals surface area contributed by atoms with Gasteiger partial charge in [-0.2, -0.15) is 11.8 Å². The number of thioether (sulfide) groups is 2. The molecule has 0 radical (unpaired) electrons. The van der Waals surface area contributed by atoms with Crippen LogP contribution in [0.1, 0.15) is 26.1 Å². The van der Waals surface area contributed by atoms with Crippen molar-refractivity contribution in [2.45, 2.75) is 36.4 Å². The predicted molar refractivity (Wildman–Crippen MR) is 71.0 cm³/mol.